The summed E-state index contributed by atoms with van der Waals surface area (Å²) < 4.78 is 4.53. The molecule has 3 heteroatoms. The van der Waals surface area contributed by atoms with Gasteiger partial charge in [0.15, 0.2) is 0 Å². The molecular formula is C6H11NO2. The zero-order valence-electron chi connectivity index (χ0n) is 5.30. The quantitative estimate of drug-likeness (QED) is 0.615. The fourth-order valence-corrected chi connectivity index (χ4v) is 0.733. The number of rotatable bonds is 3. The highest BCUT2D eigenvalue weighted by Gasteiger charge is 2.20. The number of carbonyl (C=O) groups excluding carboxylic acids is 1. The number of hydrogen-bond donors (Lipinski definition) is 1. The normalized spacial score (nSPS) is 17.3. The highest BCUT2D eigenvalue weighted by atomic mass is 16.5. The summed E-state index contributed by atoms with van der Waals surface area (Å²) >= 11 is 0. The van der Waals surface area contributed by atoms with Crippen molar-refractivity contribution in [2.24, 2.45) is 11.7 Å². The molecule has 0 heterocycles. The second-order valence-corrected chi connectivity index (χ2v) is 2.40. The molecule has 0 radical (unpaired) electrons. The van der Waals surface area contributed by atoms with Gasteiger partial charge in [-0.1, -0.05) is 12.8 Å². The van der Waals surface area contributed by atoms with E-state index in [-0.39, 0.29) is 0 Å². The third kappa shape index (κ3) is 2.95. The molecule has 2 N–H and O–H groups in total. The van der Waals surface area contributed by atoms with Gasteiger partial charge >= 0.3 is 6.09 Å². The van der Waals surface area contributed by atoms with Crippen LogP contribution in [0.1, 0.15) is 19.3 Å². The Bertz CT molecular complexity index is 110. The maximum Gasteiger partial charge on any atom is 0.404 e. The molecule has 0 aromatic heterocycles. The highest BCUT2D eigenvalue weighted by molar-refractivity contribution is 5.64. The van der Waals surface area contributed by atoms with E-state index in [2.05, 4.69) is 4.74 Å². The molecule has 1 saturated carbocycles. The van der Waals surface area contributed by atoms with Crippen LogP contribution < -0.4 is 5.73 Å². The van der Waals surface area contributed by atoms with Crippen molar-refractivity contribution in [3.63, 3.8) is 0 Å². The molecule has 1 aliphatic rings. The predicted molar refractivity (Wildman–Crippen MR) is 32.9 cm³/mol. The van der Waals surface area contributed by atoms with Crippen LogP contribution in [0.3, 0.4) is 0 Å². The van der Waals surface area contributed by atoms with E-state index in [9.17, 15) is 4.79 Å². The molecule has 0 saturated heterocycles. The van der Waals surface area contributed by atoms with Gasteiger partial charge in [-0.2, -0.15) is 0 Å². The molecule has 0 aromatic carbocycles. The zero-order chi connectivity index (χ0) is 6.69. The first-order valence-corrected chi connectivity index (χ1v) is 3.21. The SMILES string of the molecule is NC(=O)OCCC1CC1. The van der Waals surface area contributed by atoms with Crippen LogP contribution in [0.4, 0.5) is 4.79 Å². The van der Waals surface area contributed by atoms with Crippen LogP contribution in [-0.2, 0) is 4.74 Å². The van der Waals surface area contributed by atoms with Gasteiger partial charge in [0, 0.05) is 0 Å². The van der Waals surface area contributed by atoms with Gasteiger partial charge in [-0.25, -0.2) is 4.79 Å². The van der Waals surface area contributed by atoms with Crippen LogP contribution in [0.15, 0.2) is 0 Å². The average Bonchev–Trinajstić information content (AvgIpc) is 2.48. The number of primary amides is 1. The molecule has 0 atom stereocenters. The third-order valence-corrected chi connectivity index (χ3v) is 1.47. The zero-order valence-corrected chi connectivity index (χ0v) is 5.30. The maximum atomic E-state index is 10.0. The molecule has 0 spiro atoms. The lowest BCUT2D eigenvalue weighted by molar-refractivity contribution is 0.153. The fraction of sp³-hybridized carbons (Fsp3) is 0.833. The molecule has 0 aromatic rings. The molecule has 1 aliphatic carbocycles. The monoisotopic (exact) mass is 129 g/mol. The Morgan fingerprint density at radius 2 is 2.33 bits per heavy atom. The van der Waals surface area contributed by atoms with Crippen LogP contribution >= 0.6 is 0 Å². The Morgan fingerprint density at radius 1 is 1.67 bits per heavy atom. The Balaban J connectivity index is 1.86. The van der Waals surface area contributed by atoms with E-state index in [1.165, 1.54) is 12.8 Å². The molecule has 1 fully saturated rings. The van der Waals surface area contributed by atoms with Gasteiger partial charge < -0.3 is 10.5 Å². The Hall–Kier alpha value is -0.730. The summed E-state index contributed by atoms with van der Waals surface area (Å²) in [6.07, 6.45) is 2.92. The van der Waals surface area contributed by atoms with E-state index in [1.807, 2.05) is 0 Å². The second kappa shape index (κ2) is 2.71. The molecule has 1 rings (SSSR count). The lowest BCUT2D eigenvalue weighted by atomic mass is 10.3. The lowest BCUT2D eigenvalue weighted by Crippen LogP contribution is -2.13. The van der Waals surface area contributed by atoms with Crippen molar-refractivity contribution in [1.29, 1.82) is 0 Å². The second-order valence-electron chi connectivity index (χ2n) is 2.40. The predicted octanol–water partition coefficient (Wildman–Crippen LogP) is 0.882. The van der Waals surface area contributed by atoms with E-state index in [1.54, 1.807) is 0 Å². The van der Waals surface area contributed by atoms with E-state index in [4.69, 9.17) is 5.73 Å². The topological polar surface area (TPSA) is 52.3 Å². The molecule has 0 unspecified atom stereocenters. The van der Waals surface area contributed by atoms with Crippen molar-refractivity contribution in [3.8, 4) is 0 Å². The first-order valence-electron chi connectivity index (χ1n) is 3.21. The van der Waals surface area contributed by atoms with Crippen LogP contribution in [0, 0.1) is 5.92 Å². The van der Waals surface area contributed by atoms with Gasteiger partial charge in [0.25, 0.3) is 0 Å². The molecule has 0 aliphatic heterocycles. The van der Waals surface area contributed by atoms with Crippen molar-refractivity contribution < 1.29 is 9.53 Å². The number of carbonyl (C=O) groups is 1. The van der Waals surface area contributed by atoms with Gasteiger partial charge in [0.2, 0.25) is 0 Å². The van der Waals surface area contributed by atoms with E-state index in [0.29, 0.717) is 6.61 Å². The van der Waals surface area contributed by atoms with Crippen LogP contribution in [0.2, 0.25) is 0 Å². The lowest BCUT2D eigenvalue weighted by Gasteiger charge is -1.97. The molecule has 9 heavy (non-hydrogen) atoms. The van der Waals surface area contributed by atoms with Crippen molar-refractivity contribution >= 4 is 6.09 Å². The van der Waals surface area contributed by atoms with Crippen molar-refractivity contribution in [2.75, 3.05) is 6.61 Å². The summed E-state index contributed by atoms with van der Waals surface area (Å²) in [7, 11) is 0. The maximum absolute atomic E-state index is 10.0. The third-order valence-electron chi connectivity index (χ3n) is 1.47. The van der Waals surface area contributed by atoms with E-state index >= 15 is 0 Å². The minimum atomic E-state index is -0.657. The fourth-order valence-electron chi connectivity index (χ4n) is 0.733. The minimum Gasteiger partial charge on any atom is -0.450 e. The van der Waals surface area contributed by atoms with Gasteiger partial charge in [-0.05, 0) is 12.3 Å². The van der Waals surface area contributed by atoms with Crippen molar-refractivity contribution in [1.82, 2.24) is 0 Å². The van der Waals surface area contributed by atoms with Crippen molar-refractivity contribution in [3.05, 3.63) is 0 Å². The molecular weight excluding hydrogens is 118 g/mol. The van der Waals surface area contributed by atoms with Gasteiger partial charge in [-0.15, -0.1) is 0 Å². The minimum absolute atomic E-state index is 0.500. The first kappa shape index (κ1) is 6.39. The molecule has 52 valence electrons. The average molecular weight is 129 g/mol. The van der Waals surface area contributed by atoms with Crippen LogP contribution in [0.25, 0.3) is 0 Å². The number of amides is 1. The Labute approximate surface area is 54.2 Å². The Kier molecular flexibility index (Phi) is 1.92. The number of nitrogens with two attached hydrogens (primary N) is 1. The van der Waals surface area contributed by atoms with E-state index < -0.39 is 6.09 Å². The standard InChI is InChI=1S/C6H11NO2/c7-6(8)9-4-3-5-1-2-5/h5H,1-4H2,(H2,7,8). The smallest absolute Gasteiger partial charge is 0.404 e. The van der Waals surface area contributed by atoms with Gasteiger partial charge in [0.05, 0.1) is 6.61 Å². The summed E-state index contributed by atoms with van der Waals surface area (Å²) in [5.41, 5.74) is 4.74. The summed E-state index contributed by atoms with van der Waals surface area (Å²) in [5.74, 6) is 0.810. The summed E-state index contributed by atoms with van der Waals surface area (Å²) in [6.45, 7) is 0.500. The van der Waals surface area contributed by atoms with Gasteiger partial charge in [-0.3, -0.25) is 0 Å². The largest absolute Gasteiger partial charge is 0.450 e. The summed E-state index contributed by atoms with van der Waals surface area (Å²) in [4.78, 5) is 10.0. The van der Waals surface area contributed by atoms with Crippen LogP contribution in [0.5, 0.6) is 0 Å². The summed E-state index contributed by atoms with van der Waals surface area (Å²) in [5, 5.41) is 0. The Morgan fingerprint density at radius 3 is 2.78 bits per heavy atom. The number of hydrogen-bond acceptors (Lipinski definition) is 2. The summed E-state index contributed by atoms with van der Waals surface area (Å²) in [6, 6.07) is 0. The number of ether oxygens (including phenoxy) is 1. The van der Waals surface area contributed by atoms with Gasteiger partial charge in [0.1, 0.15) is 0 Å². The first-order chi connectivity index (χ1) is 4.29. The van der Waals surface area contributed by atoms with E-state index in [0.717, 1.165) is 12.3 Å². The molecule has 1 amide bonds. The van der Waals surface area contributed by atoms with Crippen LogP contribution in [-0.4, -0.2) is 12.7 Å². The molecule has 3 nitrogen and oxygen atoms in total. The molecule has 0 bridgehead atoms. The highest BCUT2D eigenvalue weighted by Crippen LogP contribution is 2.31. The van der Waals surface area contributed by atoms with Crippen molar-refractivity contribution in [2.45, 2.75) is 19.3 Å².